The van der Waals surface area contributed by atoms with Crippen molar-refractivity contribution in [3.63, 3.8) is 0 Å². The van der Waals surface area contributed by atoms with Crippen LogP contribution in [0.15, 0.2) is 48.5 Å². The first-order chi connectivity index (χ1) is 11.0. The average molecular weight is 311 g/mol. The van der Waals surface area contributed by atoms with E-state index < -0.39 is 5.97 Å². The minimum absolute atomic E-state index is 0.0870. The van der Waals surface area contributed by atoms with Crippen molar-refractivity contribution in [3.05, 3.63) is 70.8 Å². The topological polar surface area (TPSA) is 66.4 Å². The van der Waals surface area contributed by atoms with Crippen LogP contribution in [0.4, 0.5) is 0 Å². The van der Waals surface area contributed by atoms with E-state index >= 15 is 0 Å². The van der Waals surface area contributed by atoms with Crippen LogP contribution in [-0.4, -0.2) is 17.0 Å². The van der Waals surface area contributed by atoms with Crippen LogP contribution < -0.4 is 5.32 Å². The lowest BCUT2D eigenvalue weighted by molar-refractivity contribution is -0.121. The summed E-state index contributed by atoms with van der Waals surface area (Å²) in [5.41, 5.74) is 3.20. The zero-order valence-corrected chi connectivity index (χ0v) is 13.4. The summed E-state index contributed by atoms with van der Waals surface area (Å²) in [5, 5.41) is 11.9. The fraction of sp³-hybridized carbons (Fsp3) is 0.263. The molecular formula is C19H21NO3. The van der Waals surface area contributed by atoms with E-state index in [1.54, 1.807) is 12.1 Å². The van der Waals surface area contributed by atoms with Crippen molar-refractivity contribution in [2.75, 3.05) is 0 Å². The Morgan fingerprint density at radius 3 is 2.39 bits per heavy atom. The summed E-state index contributed by atoms with van der Waals surface area (Å²) in [4.78, 5) is 23.1. The number of carboxylic acid groups (broad SMARTS) is 1. The molecule has 0 saturated carbocycles. The third-order valence-corrected chi connectivity index (χ3v) is 3.80. The zero-order chi connectivity index (χ0) is 16.8. The van der Waals surface area contributed by atoms with Gasteiger partial charge in [0.2, 0.25) is 5.91 Å². The minimum Gasteiger partial charge on any atom is -0.478 e. The average Bonchev–Trinajstić information content (AvgIpc) is 2.55. The van der Waals surface area contributed by atoms with Crippen molar-refractivity contribution in [1.29, 1.82) is 0 Å². The molecule has 23 heavy (non-hydrogen) atoms. The molecule has 1 atom stereocenters. The molecule has 4 heteroatoms. The van der Waals surface area contributed by atoms with Crippen LogP contribution >= 0.6 is 0 Å². The summed E-state index contributed by atoms with van der Waals surface area (Å²) in [6, 6.07) is 14.5. The standard InChI is InChI=1S/C19H21NO3/c1-3-14-7-9-16(10-8-14)13(2)20-18(21)12-15-5-4-6-17(11-15)19(22)23/h4-11,13H,3,12H2,1-2H3,(H,20,21)(H,22,23). The van der Waals surface area contributed by atoms with E-state index in [1.165, 1.54) is 17.7 Å². The fourth-order valence-electron chi connectivity index (χ4n) is 2.42. The van der Waals surface area contributed by atoms with Gasteiger partial charge >= 0.3 is 5.97 Å². The predicted molar refractivity (Wildman–Crippen MR) is 89.5 cm³/mol. The molecule has 0 aromatic heterocycles. The molecule has 2 rings (SSSR count). The van der Waals surface area contributed by atoms with Crippen LogP contribution in [-0.2, 0) is 17.6 Å². The quantitative estimate of drug-likeness (QED) is 0.859. The van der Waals surface area contributed by atoms with E-state index in [9.17, 15) is 9.59 Å². The van der Waals surface area contributed by atoms with Gasteiger partial charge in [-0.2, -0.15) is 0 Å². The maximum absolute atomic E-state index is 12.1. The van der Waals surface area contributed by atoms with Crippen LogP contribution in [0.3, 0.4) is 0 Å². The number of rotatable bonds is 6. The van der Waals surface area contributed by atoms with Gasteiger partial charge in [-0.05, 0) is 42.2 Å². The summed E-state index contributed by atoms with van der Waals surface area (Å²) in [5.74, 6) is -1.11. The van der Waals surface area contributed by atoms with Crippen LogP contribution in [0.5, 0.6) is 0 Å². The highest BCUT2D eigenvalue weighted by atomic mass is 16.4. The van der Waals surface area contributed by atoms with Crippen LogP contribution in [0.2, 0.25) is 0 Å². The first-order valence-corrected chi connectivity index (χ1v) is 7.70. The van der Waals surface area contributed by atoms with Gasteiger partial charge in [-0.15, -0.1) is 0 Å². The second-order valence-corrected chi connectivity index (χ2v) is 5.57. The number of carbonyl (C=O) groups excluding carboxylic acids is 1. The van der Waals surface area contributed by atoms with Gasteiger partial charge < -0.3 is 10.4 Å². The molecule has 2 aromatic carbocycles. The van der Waals surface area contributed by atoms with E-state index in [4.69, 9.17) is 5.11 Å². The molecule has 1 amide bonds. The van der Waals surface area contributed by atoms with Crippen LogP contribution in [0.1, 0.15) is 46.9 Å². The lowest BCUT2D eigenvalue weighted by Crippen LogP contribution is -2.28. The molecule has 0 heterocycles. The van der Waals surface area contributed by atoms with Crippen molar-refractivity contribution in [1.82, 2.24) is 5.32 Å². The third-order valence-electron chi connectivity index (χ3n) is 3.80. The maximum atomic E-state index is 12.1. The lowest BCUT2D eigenvalue weighted by atomic mass is 10.0. The number of aryl methyl sites for hydroxylation is 1. The molecule has 1 unspecified atom stereocenters. The van der Waals surface area contributed by atoms with E-state index in [0.29, 0.717) is 5.56 Å². The molecule has 0 radical (unpaired) electrons. The van der Waals surface area contributed by atoms with Crippen molar-refractivity contribution >= 4 is 11.9 Å². The smallest absolute Gasteiger partial charge is 0.335 e. The van der Waals surface area contributed by atoms with Crippen molar-refractivity contribution in [3.8, 4) is 0 Å². The number of benzene rings is 2. The van der Waals surface area contributed by atoms with Crippen LogP contribution in [0, 0.1) is 0 Å². The zero-order valence-electron chi connectivity index (χ0n) is 13.4. The van der Waals surface area contributed by atoms with Crippen molar-refractivity contribution in [2.45, 2.75) is 32.7 Å². The second-order valence-electron chi connectivity index (χ2n) is 5.57. The van der Waals surface area contributed by atoms with Crippen molar-refractivity contribution in [2.24, 2.45) is 0 Å². The molecule has 0 fully saturated rings. The summed E-state index contributed by atoms with van der Waals surface area (Å²) in [6.07, 6.45) is 1.15. The maximum Gasteiger partial charge on any atom is 0.335 e. The van der Waals surface area contributed by atoms with E-state index in [-0.39, 0.29) is 23.9 Å². The molecule has 2 N–H and O–H groups in total. The van der Waals surface area contributed by atoms with Crippen molar-refractivity contribution < 1.29 is 14.7 Å². The number of nitrogens with one attached hydrogen (secondary N) is 1. The lowest BCUT2D eigenvalue weighted by Gasteiger charge is -2.15. The highest BCUT2D eigenvalue weighted by Crippen LogP contribution is 2.14. The molecule has 0 spiro atoms. The summed E-state index contributed by atoms with van der Waals surface area (Å²) < 4.78 is 0. The SMILES string of the molecule is CCc1ccc(C(C)NC(=O)Cc2cccc(C(=O)O)c2)cc1. The second kappa shape index (κ2) is 7.58. The molecule has 0 bridgehead atoms. The molecule has 4 nitrogen and oxygen atoms in total. The summed E-state index contributed by atoms with van der Waals surface area (Å²) in [7, 11) is 0. The van der Waals surface area contributed by atoms with Gasteiger partial charge in [0.25, 0.3) is 0 Å². The Bertz CT molecular complexity index is 692. The van der Waals surface area contributed by atoms with E-state index in [2.05, 4.69) is 24.4 Å². The largest absolute Gasteiger partial charge is 0.478 e. The highest BCUT2D eigenvalue weighted by molar-refractivity contribution is 5.88. The molecule has 2 aromatic rings. The van der Waals surface area contributed by atoms with Gasteiger partial charge in [-0.1, -0.05) is 43.3 Å². The fourth-order valence-corrected chi connectivity index (χ4v) is 2.42. The number of amides is 1. The summed E-state index contributed by atoms with van der Waals surface area (Å²) in [6.45, 7) is 4.04. The summed E-state index contributed by atoms with van der Waals surface area (Å²) >= 11 is 0. The Morgan fingerprint density at radius 2 is 1.78 bits per heavy atom. The van der Waals surface area contributed by atoms with Gasteiger partial charge in [0.15, 0.2) is 0 Å². The van der Waals surface area contributed by atoms with E-state index in [1.807, 2.05) is 19.1 Å². The highest BCUT2D eigenvalue weighted by Gasteiger charge is 2.11. The third kappa shape index (κ3) is 4.68. The Kier molecular flexibility index (Phi) is 5.52. The minimum atomic E-state index is -0.989. The number of aromatic carboxylic acids is 1. The number of carboxylic acids is 1. The molecule has 0 saturated heterocycles. The molecule has 0 aliphatic carbocycles. The Morgan fingerprint density at radius 1 is 1.09 bits per heavy atom. The monoisotopic (exact) mass is 311 g/mol. The Labute approximate surface area is 136 Å². The first kappa shape index (κ1) is 16.7. The van der Waals surface area contributed by atoms with Gasteiger partial charge in [-0.3, -0.25) is 4.79 Å². The van der Waals surface area contributed by atoms with Gasteiger partial charge in [0.05, 0.1) is 18.0 Å². The number of carbonyl (C=O) groups is 2. The Hall–Kier alpha value is -2.62. The number of hydrogen-bond donors (Lipinski definition) is 2. The molecular weight excluding hydrogens is 290 g/mol. The van der Waals surface area contributed by atoms with Crippen LogP contribution in [0.25, 0.3) is 0 Å². The van der Waals surface area contributed by atoms with Gasteiger partial charge in [-0.25, -0.2) is 4.79 Å². The Balaban J connectivity index is 1.98. The molecule has 0 aliphatic heterocycles. The normalized spacial score (nSPS) is 11.7. The number of hydrogen-bond acceptors (Lipinski definition) is 2. The molecule has 0 aliphatic rings. The predicted octanol–water partition coefficient (Wildman–Crippen LogP) is 3.37. The first-order valence-electron chi connectivity index (χ1n) is 7.70. The van der Waals surface area contributed by atoms with Gasteiger partial charge in [0, 0.05) is 0 Å². The van der Waals surface area contributed by atoms with E-state index in [0.717, 1.165) is 12.0 Å². The molecule has 120 valence electrons. The van der Waals surface area contributed by atoms with Gasteiger partial charge in [0.1, 0.15) is 0 Å².